The molecule has 6 nitrogen and oxygen atoms in total. The van der Waals surface area contributed by atoms with E-state index in [-0.39, 0.29) is 30.3 Å². The summed E-state index contributed by atoms with van der Waals surface area (Å²) in [7, 11) is 0. The number of carbonyl (C=O) groups excluding carboxylic acids is 2. The number of likely N-dealkylation sites (tertiary alicyclic amines) is 1. The number of nitrogens with one attached hydrogen (secondary N) is 1. The first-order valence-electron chi connectivity index (χ1n) is 8.72. The highest BCUT2D eigenvalue weighted by Gasteiger charge is 2.30. The molecule has 0 saturated carbocycles. The SMILES string of the molecule is CC(=O)NC(CC(=O)N1CCCC1Cn1cccn1)c1ccccc1. The standard InChI is InChI=1S/C19H24N4O2/c1-15(24)21-18(16-7-3-2-4-8-16)13-19(25)23-12-5-9-17(23)14-22-11-6-10-20-22/h2-4,6-8,10-11,17-18H,5,9,12-14H2,1H3,(H,21,24). The molecule has 2 heterocycles. The third kappa shape index (κ3) is 4.47. The number of amides is 2. The highest BCUT2D eigenvalue weighted by Crippen LogP contribution is 2.24. The van der Waals surface area contributed by atoms with Crippen LogP contribution in [0.3, 0.4) is 0 Å². The maximum Gasteiger partial charge on any atom is 0.225 e. The number of aromatic nitrogens is 2. The Bertz CT molecular complexity index is 699. The van der Waals surface area contributed by atoms with E-state index in [4.69, 9.17) is 0 Å². The predicted molar refractivity (Wildman–Crippen MR) is 94.6 cm³/mol. The van der Waals surface area contributed by atoms with Gasteiger partial charge in [0.15, 0.2) is 0 Å². The van der Waals surface area contributed by atoms with Crippen molar-refractivity contribution in [3.63, 3.8) is 0 Å². The topological polar surface area (TPSA) is 67.2 Å². The minimum absolute atomic E-state index is 0.0808. The Kier molecular flexibility index (Phi) is 5.48. The molecular weight excluding hydrogens is 316 g/mol. The fraction of sp³-hybridized carbons (Fsp3) is 0.421. The van der Waals surface area contributed by atoms with Gasteiger partial charge in [0.25, 0.3) is 0 Å². The Morgan fingerprint density at radius 2 is 2.08 bits per heavy atom. The monoisotopic (exact) mass is 340 g/mol. The molecule has 0 bridgehead atoms. The summed E-state index contributed by atoms with van der Waals surface area (Å²) in [6.45, 7) is 2.97. The largest absolute Gasteiger partial charge is 0.349 e. The molecule has 0 radical (unpaired) electrons. The van der Waals surface area contributed by atoms with Gasteiger partial charge in [0, 0.05) is 25.9 Å². The molecule has 1 N–H and O–H groups in total. The summed E-state index contributed by atoms with van der Waals surface area (Å²) < 4.78 is 1.87. The average molecular weight is 340 g/mol. The first kappa shape index (κ1) is 17.2. The van der Waals surface area contributed by atoms with Crippen LogP contribution in [0.25, 0.3) is 0 Å². The highest BCUT2D eigenvalue weighted by molar-refractivity contribution is 5.79. The van der Waals surface area contributed by atoms with Crippen molar-refractivity contribution in [2.45, 2.75) is 44.8 Å². The van der Waals surface area contributed by atoms with Crippen LogP contribution in [0.15, 0.2) is 48.8 Å². The van der Waals surface area contributed by atoms with Crippen molar-refractivity contribution >= 4 is 11.8 Å². The van der Waals surface area contributed by atoms with E-state index < -0.39 is 0 Å². The van der Waals surface area contributed by atoms with Gasteiger partial charge in [-0.2, -0.15) is 5.10 Å². The molecule has 1 aliphatic heterocycles. The lowest BCUT2D eigenvalue weighted by molar-refractivity contribution is -0.133. The molecule has 1 aliphatic rings. The van der Waals surface area contributed by atoms with E-state index in [2.05, 4.69) is 10.4 Å². The number of nitrogens with zero attached hydrogens (tertiary/aromatic N) is 3. The highest BCUT2D eigenvalue weighted by atomic mass is 16.2. The molecule has 132 valence electrons. The van der Waals surface area contributed by atoms with Crippen LogP contribution in [0.4, 0.5) is 0 Å². The molecule has 2 unspecified atom stereocenters. The quantitative estimate of drug-likeness (QED) is 0.876. The molecule has 0 spiro atoms. The first-order chi connectivity index (χ1) is 12.1. The van der Waals surface area contributed by atoms with Crippen molar-refractivity contribution < 1.29 is 9.59 Å². The van der Waals surface area contributed by atoms with Crippen molar-refractivity contribution in [2.75, 3.05) is 6.54 Å². The third-order valence-electron chi connectivity index (χ3n) is 4.61. The van der Waals surface area contributed by atoms with Gasteiger partial charge < -0.3 is 10.2 Å². The number of hydrogen-bond donors (Lipinski definition) is 1. The molecule has 1 saturated heterocycles. The molecule has 2 atom stereocenters. The maximum atomic E-state index is 12.9. The Hall–Kier alpha value is -2.63. The smallest absolute Gasteiger partial charge is 0.225 e. The molecule has 0 aliphatic carbocycles. The van der Waals surface area contributed by atoms with Crippen LogP contribution < -0.4 is 5.32 Å². The summed E-state index contributed by atoms with van der Waals surface area (Å²) in [4.78, 5) is 26.4. The van der Waals surface area contributed by atoms with Crippen LogP contribution in [0.5, 0.6) is 0 Å². The summed E-state index contributed by atoms with van der Waals surface area (Å²) >= 11 is 0. The summed E-state index contributed by atoms with van der Waals surface area (Å²) in [5, 5.41) is 7.15. The van der Waals surface area contributed by atoms with Crippen molar-refractivity contribution in [2.24, 2.45) is 0 Å². The van der Waals surface area contributed by atoms with Crippen LogP contribution in [0.2, 0.25) is 0 Å². The lowest BCUT2D eigenvalue weighted by atomic mass is 10.0. The number of rotatable bonds is 6. The predicted octanol–water partition coefficient (Wildman–Crippen LogP) is 2.14. The van der Waals surface area contributed by atoms with Gasteiger partial charge in [-0.05, 0) is 24.5 Å². The Balaban J connectivity index is 1.68. The lowest BCUT2D eigenvalue weighted by Gasteiger charge is -2.27. The molecular formula is C19H24N4O2. The minimum Gasteiger partial charge on any atom is -0.349 e. The molecule has 3 rings (SSSR count). The second-order valence-corrected chi connectivity index (χ2v) is 6.48. The van der Waals surface area contributed by atoms with Crippen LogP contribution in [-0.2, 0) is 16.1 Å². The number of benzene rings is 1. The molecule has 1 fully saturated rings. The fourth-order valence-electron chi connectivity index (χ4n) is 3.45. The molecule has 2 aromatic rings. The van der Waals surface area contributed by atoms with E-state index in [1.807, 2.05) is 52.2 Å². The van der Waals surface area contributed by atoms with Gasteiger partial charge >= 0.3 is 0 Å². The van der Waals surface area contributed by atoms with Crippen LogP contribution in [-0.4, -0.2) is 39.1 Å². The van der Waals surface area contributed by atoms with Crippen molar-refractivity contribution in [1.82, 2.24) is 20.0 Å². The summed E-state index contributed by atoms with van der Waals surface area (Å²) in [5.41, 5.74) is 0.953. The van der Waals surface area contributed by atoms with E-state index in [1.165, 1.54) is 6.92 Å². The Morgan fingerprint density at radius 3 is 2.76 bits per heavy atom. The van der Waals surface area contributed by atoms with Crippen LogP contribution >= 0.6 is 0 Å². The second kappa shape index (κ2) is 7.96. The van der Waals surface area contributed by atoms with Gasteiger partial charge in [-0.15, -0.1) is 0 Å². The van der Waals surface area contributed by atoms with E-state index in [0.29, 0.717) is 0 Å². The van der Waals surface area contributed by atoms with E-state index in [1.54, 1.807) is 6.20 Å². The number of carbonyl (C=O) groups is 2. The summed E-state index contributed by atoms with van der Waals surface area (Å²) in [6.07, 6.45) is 5.95. The normalized spacial score (nSPS) is 18.1. The Morgan fingerprint density at radius 1 is 1.28 bits per heavy atom. The van der Waals surface area contributed by atoms with Gasteiger partial charge in [0.05, 0.1) is 25.0 Å². The summed E-state index contributed by atoms with van der Waals surface area (Å²) in [5.74, 6) is -0.0478. The van der Waals surface area contributed by atoms with Crippen LogP contribution in [0, 0.1) is 0 Å². The zero-order valence-corrected chi connectivity index (χ0v) is 14.5. The lowest BCUT2D eigenvalue weighted by Crippen LogP contribution is -2.40. The molecule has 25 heavy (non-hydrogen) atoms. The van der Waals surface area contributed by atoms with E-state index >= 15 is 0 Å². The van der Waals surface area contributed by atoms with Gasteiger partial charge in [-0.25, -0.2) is 0 Å². The van der Waals surface area contributed by atoms with Crippen molar-refractivity contribution in [3.05, 3.63) is 54.4 Å². The Labute approximate surface area is 147 Å². The van der Waals surface area contributed by atoms with Crippen molar-refractivity contribution in [3.8, 4) is 0 Å². The van der Waals surface area contributed by atoms with Gasteiger partial charge in [0.2, 0.25) is 11.8 Å². The summed E-state index contributed by atoms with van der Waals surface area (Å²) in [6, 6.07) is 11.4. The van der Waals surface area contributed by atoms with Crippen LogP contribution in [0.1, 0.15) is 37.8 Å². The molecule has 1 aromatic carbocycles. The van der Waals surface area contributed by atoms with Gasteiger partial charge in [-0.3, -0.25) is 14.3 Å². The minimum atomic E-state index is -0.294. The first-order valence-corrected chi connectivity index (χ1v) is 8.72. The van der Waals surface area contributed by atoms with Gasteiger partial charge in [-0.1, -0.05) is 30.3 Å². The molecule has 2 amide bonds. The average Bonchev–Trinajstić information content (AvgIpc) is 3.27. The van der Waals surface area contributed by atoms with Gasteiger partial charge in [0.1, 0.15) is 0 Å². The van der Waals surface area contributed by atoms with E-state index in [0.717, 1.165) is 31.5 Å². The van der Waals surface area contributed by atoms with E-state index in [9.17, 15) is 9.59 Å². The zero-order chi connectivity index (χ0) is 17.6. The van der Waals surface area contributed by atoms with Crippen molar-refractivity contribution in [1.29, 1.82) is 0 Å². The second-order valence-electron chi connectivity index (χ2n) is 6.48. The molecule has 1 aromatic heterocycles. The molecule has 6 heteroatoms. The fourth-order valence-corrected chi connectivity index (χ4v) is 3.45. The number of hydrogen-bond acceptors (Lipinski definition) is 3. The maximum absolute atomic E-state index is 12.9. The third-order valence-corrected chi connectivity index (χ3v) is 4.61. The zero-order valence-electron chi connectivity index (χ0n) is 14.5.